The van der Waals surface area contributed by atoms with Crippen molar-refractivity contribution in [3.05, 3.63) is 12.1 Å². The van der Waals surface area contributed by atoms with Gasteiger partial charge >= 0.3 is 0 Å². The first kappa shape index (κ1) is 4.30. The molecule has 1 heterocycles. The van der Waals surface area contributed by atoms with E-state index in [2.05, 4.69) is 0 Å². The molecule has 0 aromatic rings. The maximum atomic E-state index is 5.34. The minimum absolute atomic E-state index is 0.589. The van der Waals surface area contributed by atoms with Crippen LogP contribution in [0.15, 0.2) is 12.1 Å². The zero-order valence-corrected chi connectivity index (χ0v) is 4.22. The Labute approximate surface area is 42.4 Å². The van der Waals surface area contributed by atoms with E-state index >= 15 is 0 Å². The fraction of sp³-hybridized carbons (Fsp3) is 0.500. The highest BCUT2D eigenvalue weighted by atomic mass is 16.5. The lowest BCUT2D eigenvalue weighted by Crippen LogP contribution is -2.18. The van der Waals surface area contributed by atoms with Gasteiger partial charge in [0.15, 0.2) is 6.73 Å². The maximum absolute atomic E-state index is 5.34. The Balaban J connectivity index is 2.54. The summed E-state index contributed by atoms with van der Waals surface area (Å²) in [5.41, 5.74) is 5.34. The molecular weight excluding hydrogens is 92.1 g/mol. The monoisotopic (exact) mass is 100 g/mol. The van der Waals surface area contributed by atoms with E-state index in [0.717, 1.165) is 0 Å². The van der Waals surface area contributed by atoms with Crippen molar-refractivity contribution in [3.8, 4) is 0 Å². The van der Waals surface area contributed by atoms with E-state index in [-0.39, 0.29) is 0 Å². The van der Waals surface area contributed by atoms with Crippen LogP contribution in [0.3, 0.4) is 0 Å². The summed E-state index contributed by atoms with van der Waals surface area (Å²) in [6, 6.07) is 0. The maximum Gasteiger partial charge on any atom is 0.161 e. The molecule has 0 bridgehead atoms. The largest absolute Gasteiger partial charge is 0.477 e. The molecular formula is C4H8N2O. The molecule has 2 N–H and O–H groups in total. The summed E-state index contributed by atoms with van der Waals surface area (Å²) in [6.07, 6.45) is 1.54. The van der Waals surface area contributed by atoms with Crippen LogP contribution >= 0.6 is 0 Å². The third kappa shape index (κ3) is 0.607. The predicted octanol–water partition coefficient (Wildman–Crippen LogP) is -0.336. The van der Waals surface area contributed by atoms with Gasteiger partial charge < -0.3 is 15.4 Å². The summed E-state index contributed by atoms with van der Waals surface area (Å²) >= 11 is 0. The molecule has 0 saturated carbocycles. The summed E-state index contributed by atoms with van der Waals surface area (Å²) in [5, 5.41) is 0. The molecule has 40 valence electrons. The zero-order valence-electron chi connectivity index (χ0n) is 4.22. The molecule has 0 radical (unpaired) electrons. The Morgan fingerprint density at radius 3 is 2.86 bits per heavy atom. The van der Waals surface area contributed by atoms with E-state index in [9.17, 15) is 0 Å². The molecule has 0 fully saturated rings. The van der Waals surface area contributed by atoms with E-state index in [1.165, 1.54) is 0 Å². The molecule has 1 aliphatic heterocycles. The van der Waals surface area contributed by atoms with Crippen molar-refractivity contribution in [2.45, 2.75) is 0 Å². The van der Waals surface area contributed by atoms with Gasteiger partial charge in [0.25, 0.3) is 0 Å². The van der Waals surface area contributed by atoms with E-state index in [0.29, 0.717) is 12.6 Å². The average molecular weight is 100 g/mol. The van der Waals surface area contributed by atoms with E-state index in [1.54, 1.807) is 6.26 Å². The zero-order chi connectivity index (χ0) is 5.28. The normalized spacial score (nSPS) is 19.0. The Morgan fingerprint density at radius 1 is 2.00 bits per heavy atom. The van der Waals surface area contributed by atoms with Gasteiger partial charge in [0.05, 0.1) is 0 Å². The van der Waals surface area contributed by atoms with Crippen LogP contribution in [0, 0.1) is 0 Å². The minimum Gasteiger partial charge on any atom is -0.477 e. The van der Waals surface area contributed by atoms with Crippen molar-refractivity contribution >= 4 is 0 Å². The fourth-order valence-corrected chi connectivity index (χ4v) is 0.399. The summed E-state index contributed by atoms with van der Waals surface area (Å²) < 4.78 is 4.81. The van der Waals surface area contributed by atoms with Crippen molar-refractivity contribution in [2.75, 3.05) is 13.8 Å². The molecule has 0 unspecified atom stereocenters. The molecule has 0 saturated heterocycles. The van der Waals surface area contributed by atoms with Crippen LogP contribution in [-0.2, 0) is 4.74 Å². The van der Waals surface area contributed by atoms with Crippen LogP contribution in [0.4, 0.5) is 0 Å². The van der Waals surface area contributed by atoms with Gasteiger partial charge in [-0.25, -0.2) is 0 Å². The Kier molecular flexibility index (Phi) is 0.817. The van der Waals surface area contributed by atoms with Crippen LogP contribution in [0.5, 0.6) is 0 Å². The van der Waals surface area contributed by atoms with E-state index < -0.39 is 0 Å². The van der Waals surface area contributed by atoms with Crippen LogP contribution < -0.4 is 5.73 Å². The van der Waals surface area contributed by atoms with Crippen molar-refractivity contribution < 1.29 is 4.74 Å². The Morgan fingerprint density at radius 2 is 2.71 bits per heavy atom. The third-order valence-electron chi connectivity index (χ3n) is 0.913. The van der Waals surface area contributed by atoms with Gasteiger partial charge in [0.1, 0.15) is 12.1 Å². The van der Waals surface area contributed by atoms with Crippen molar-refractivity contribution in [3.63, 3.8) is 0 Å². The van der Waals surface area contributed by atoms with Gasteiger partial charge in [-0.05, 0) is 0 Å². The van der Waals surface area contributed by atoms with Gasteiger partial charge in [-0.2, -0.15) is 0 Å². The van der Waals surface area contributed by atoms with Crippen LogP contribution in [0.25, 0.3) is 0 Å². The predicted molar refractivity (Wildman–Crippen MR) is 26.0 cm³/mol. The van der Waals surface area contributed by atoms with E-state index in [4.69, 9.17) is 10.5 Å². The SMILES string of the molecule is CN1COC=C1N. The van der Waals surface area contributed by atoms with Crippen molar-refractivity contribution in [2.24, 2.45) is 5.73 Å². The van der Waals surface area contributed by atoms with Gasteiger partial charge in [0.2, 0.25) is 0 Å². The second-order valence-corrected chi connectivity index (χ2v) is 1.54. The van der Waals surface area contributed by atoms with Crippen molar-refractivity contribution in [1.29, 1.82) is 0 Å². The van der Waals surface area contributed by atoms with Gasteiger partial charge in [-0.1, -0.05) is 0 Å². The number of hydrogen-bond donors (Lipinski definition) is 1. The summed E-state index contributed by atoms with van der Waals surface area (Å²) in [7, 11) is 1.87. The summed E-state index contributed by atoms with van der Waals surface area (Å²) in [5.74, 6) is 0.694. The Bertz CT molecular complexity index is 99.9. The lowest BCUT2D eigenvalue weighted by atomic mass is 10.7. The molecule has 0 atom stereocenters. The lowest BCUT2D eigenvalue weighted by molar-refractivity contribution is 0.187. The number of nitrogens with two attached hydrogens (primary N) is 1. The summed E-state index contributed by atoms with van der Waals surface area (Å²) in [4.78, 5) is 1.82. The smallest absolute Gasteiger partial charge is 0.161 e. The standard InChI is InChI=1S/C4H8N2O/c1-6-3-7-2-4(6)5/h2H,3,5H2,1H3. The second kappa shape index (κ2) is 1.33. The molecule has 0 spiro atoms. The molecule has 0 aromatic carbocycles. The molecule has 0 amide bonds. The van der Waals surface area contributed by atoms with Crippen LogP contribution in [0.2, 0.25) is 0 Å². The Hall–Kier alpha value is -0.860. The summed E-state index contributed by atoms with van der Waals surface area (Å²) in [6.45, 7) is 0.589. The molecule has 0 aliphatic carbocycles. The number of nitrogens with zero attached hydrogens (tertiary/aromatic N) is 1. The first-order valence-electron chi connectivity index (χ1n) is 2.09. The molecule has 3 heteroatoms. The highest BCUT2D eigenvalue weighted by Gasteiger charge is 2.04. The average Bonchev–Trinajstić information content (AvgIpc) is 1.91. The number of hydrogen-bond acceptors (Lipinski definition) is 3. The topological polar surface area (TPSA) is 38.5 Å². The molecule has 1 rings (SSSR count). The van der Waals surface area contributed by atoms with Gasteiger partial charge in [0, 0.05) is 7.05 Å². The van der Waals surface area contributed by atoms with Crippen molar-refractivity contribution in [1.82, 2.24) is 4.90 Å². The molecule has 3 nitrogen and oxygen atoms in total. The first-order chi connectivity index (χ1) is 3.30. The van der Waals surface area contributed by atoms with Crippen LogP contribution in [0.1, 0.15) is 0 Å². The fourth-order valence-electron chi connectivity index (χ4n) is 0.399. The molecule has 0 aromatic heterocycles. The second-order valence-electron chi connectivity index (χ2n) is 1.54. The van der Waals surface area contributed by atoms with Gasteiger partial charge in [-0.3, -0.25) is 0 Å². The minimum atomic E-state index is 0.589. The third-order valence-corrected chi connectivity index (χ3v) is 0.913. The molecule has 7 heavy (non-hydrogen) atoms. The van der Waals surface area contributed by atoms with Gasteiger partial charge in [-0.15, -0.1) is 0 Å². The number of rotatable bonds is 0. The highest BCUT2D eigenvalue weighted by molar-refractivity contribution is 4.92. The quantitative estimate of drug-likeness (QED) is 0.452. The van der Waals surface area contributed by atoms with E-state index in [1.807, 2.05) is 11.9 Å². The first-order valence-corrected chi connectivity index (χ1v) is 2.09. The molecule has 1 aliphatic rings. The highest BCUT2D eigenvalue weighted by Crippen LogP contribution is 2.00. The number of ether oxygens (including phenoxy) is 1. The lowest BCUT2D eigenvalue weighted by Gasteiger charge is -2.06. The van der Waals surface area contributed by atoms with Crippen LogP contribution in [-0.4, -0.2) is 18.7 Å².